The number of alkyl halides is 3. The summed E-state index contributed by atoms with van der Waals surface area (Å²) in [6.07, 6.45) is 0.394. The molecule has 1 aliphatic carbocycles. The minimum Gasteiger partial charge on any atom is -0.337 e. The predicted octanol–water partition coefficient (Wildman–Crippen LogP) is 2.23. The molecule has 134 valence electrons. The van der Waals surface area contributed by atoms with Crippen molar-refractivity contribution < 1.29 is 18.0 Å². The van der Waals surface area contributed by atoms with Crippen molar-refractivity contribution in [2.45, 2.75) is 50.9 Å². The third kappa shape index (κ3) is 3.74. The Labute approximate surface area is 139 Å². The number of nitrogens with zero attached hydrogens (tertiary/aromatic N) is 3. The number of carbonyl (C=O) groups is 1. The Balaban J connectivity index is 1.72. The van der Waals surface area contributed by atoms with Gasteiger partial charge in [0, 0.05) is 31.9 Å². The lowest BCUT2D eigenvalue weighted by atomic mass is 9.93. The molecule has 0 bridgehead atoms. The summed E-state index contributed by atoms with van der Waals surface area (Å²) in [5, 5.41) is 3.30. The van der Waals surface area contributed by atoms with Gasteiger partial charge in [0.15, 0.2) is 0 Å². The van der Waals surface area contributed by atoms with E-state index >= 15 is 0 Å². The Morgan fingerprint density at radius 3 is 2.75 bits per heavy atom. The molecule has 1 unspecified atom stereocenters. The quantitative estimate of drug-likeness (QED) is 0.891. The van der Waals surface area contributed by atoms with Gasteiger partial charge < -0.3 is 14.8 Å². The standard InChI is InChI=1S/C16H23F3N4O/c1-22-9-8-21-13(22)11-23(14(24)2-3-16(17,18)19)12-10-15(12)4-6-20-7-5-15/h8-9,12,20H,2-7,10-11H2,1H3. The van der Waals surface area contributed by atoms with E-state index in [0.29, 0.717) is 5.82 Å². The van der Waals surface area contributed by atoms with Crippen LogP contribution in [0.1, 0.15) is 37.9 Å². The van der Waals surface area contributed by atoms with Crippen molar-refractivity contribution in [3.63, 3.8) is 0 Å². The van der Waals surface area contributed by atoms with Crippen molar-refractivity contribution in [2.75, 3.05) is 13.1 Å². The second kappa shape index (κ2) is 6.38. The normalized spacial score (nSPS) is 22.6. The first-order valence-electron chi connectivity index (χ1n) is 8.34. The van der Waals surface area contributed by atoms with Gasteiger partial charge in [-0.1, -0.05) is 0 Å². The number of hydrogen-bond donors (Lipinski definition) is 1. The van der Waals surface area contributed by atoms with E-state index < -0.39 is 24.9 Å². The number of piperidine rings is 1. The summed E-state index contributed by atoms with van der Waals surface area (Å²) in [5.74, 6) is 0.280. The number of carbonyl (C=O) groups excluding carboxylic acids is 1. The van der Waals surface area contributed by atoms with Crippen molar-refractivity contribution in [3.8, 4) is 0 Å². The highest BCUT2D eigenvalue weighted by atomic mass is 19.4. The second-order valence-electron chi connectivity index (χ2n) is 6.92. The van der Waals surface area contributed by atoms with E-state index in [1.807, 2.05) is 11.6 Å². The summed E-state index contributed by atoms with van der Waals surface area (Å²) >= 11 is 0. The maximum absolute atomic E-state index is 12.5. The number of hydrogen-bond acceptors (Lipinski definition) is 3. The third-order valence-electron chi connectivity index (χ3n) is 5.30. The van der Waals surface area contributed by atoms with Crippen LogP contribution in [0.2, 0.25) is 0 Å². The molecular weight excluding hydrogens is 321 g/mol. The van der Waals surface area contributed by atoms with Gasteiger partial charge in [-0.05, 0) is 37.8 Å². The highest BCUT2D eigenvalue weighted by molar-refractivity contribution is 5.77. The van der Waals surface area contributed by atoms with Gasteiger partial charge in [-0.2, -0.15) is 13.2 Å². The number of imidazole rings is 1. The number of aromatic nitrogens is 2. The molecule has 2 heterocycles. The van der Waals surface area contributed by atoms with Gasteiger partial charge in [0.05, 0.1) is 13.0 Å². The molecule has 2 fully saturated rings. The van der Waals surface area contributed by atoms with Crippen LogP contribution in [0.4, 0.5) is 13.2 Å². The fourth-order valence-corrected chi connectivity index (χ4v) is 3.69. The van der Waals surface area contributed by atoms with Crippen LogP contribution in [-0.4, -0.2) is 45.7 Å². The molecule has 1 N–H and O–H groups in total. The molecule has 2 aliphatic rings. The first kappa shape index (κ1) is 17.3. The van der Waals surface area contributed by atoms with Crippen molar-refractivity contribution in [1.82, 2.24) is 19.8 Å². The summed E-state index contributed by atoms with van der Waals surface area (Å²) in [7, 11) is 1.83. The SMILES string of the molecule is Cn1ccnc1CN(C(=O)CCC(F)(F)F)C1CC12CCNCC2. The number of amides is 1. The highest BCUT2D eigenvalue weighted by Gasteiger charge is 2.57. The van der Waals surface area contributed by atoms with Gasteiger partial charge in [0.1, 0.15) is 5.82 Å². The summed E-state index contributed by atoms with van der Waals surface area (Å²) < 4.78 is 39.3. The summed E-state index contributed by atoms with van der Waals surface area (Å²) in [6, 6.07) is 0.0389. The molecule has 5 nitrogen and oxygen atoms in total. The Morgan fingerprint density at radius 1 is 1.46 bits per heavy atom. The molecule has 1 saturated carbocycles. The Kier molecular flexibility index (Phi) is 4.59. The lowest BCUT2D eigenvalue weighted by Crippen LogP contribution is -2.39. The predicted molar refractivity (Wildman–Crippen MR) is 82.0 cm³/mol. The van der Waals surface area contributed by atoms with Gasteiger partial charge >= 0.3 is 6.18 Å². The molecule has 1 amide bonds. The summed E-state index contributed by atoms with van der Waals surface area (Å²) in [5.41, 5.74) is 0.0876. The van der Waals surface area contributed by atoms with E-state index in [1.165, 1.54) is 0 Å². The number of nitrogens with one attached hydrogen (secondary N) is 1. The van der Waals surface area contributed by atoms with Gasteiger partial charge in [0.2, 0.25) is 5.91 Å². The van der Waals surface area contributed by atoms with Gasteiger partial charge in [-0.15, -0.1) is 0 Å². The van der Waals surface area contributed by atoms with Crippen molar-refractivity contribution in [1.29, 1.82) is 0 Å². The molecule has 24 heavy (non-hydrogen) atoms. The van der Waals surface area contributed by atoms with Crippen LogP contribution in [0.5, 0.6) is 0 Å². The van der Waals surface area contributed by atoms with Crippen LogP contribution in [0.25, 0.3) is 0 Å². The first-order chi connectivity index (χ1) is 11.3. The summed E-state index contributed by atoms with van der Waals surface area (Å²) in [4.78, 5) is 18.4. The van der Waals surface area contributed by atoms with Gasteiger partial charge in [0.25, 0.3) is 0 Å². The molecule has 1 aliphatic heterocycles. The third-order valence-corrected chi connectivity index (χ3v) is 5.30. The summed E-state index contributed by atoms with van der Waals surface area (Å²) in [6.45, 7) is 2.09. The molecular formula is C16H23F3N4O. The van der Waals surface area contributed by atoms with Crippen molar-refractivity contribution in [3.05, 3.63) is 18.2 Å². The molecule has 0 radical (unpaired) electrons. The van der Waals surface area contributed by atoms with E-state index in [9.17, 15) is 18.0 Å². The molecule has 1 aromatic rings. The van der Waals surface area contributed by atoms with Crippen LogP contribution in [0.15, 0.2) is 12.4 Å². The molecule has 1 saturated heterocycles. The van der Waals surface area contributed by atoms with Crippen LogP contribution in [0, 0.1) is 5.41 Å². The van der Waals surface area contributed by atoms with Crippen LogP contribution >= 0.6 is 0 Å². The van der Waals surface area contributed by atoms with E-state index in [2.05, 4.69) is 10.3 Å². The van der Waals surface area contributed by atoms with E-state index in [4.69, 9.17) is 0 Å². The molecule has 1 spiro atoms. The molecule has 1 aromatic heterocycles. The van der Waals surface area contributed by atoms with E-state index in [-0.39, 0.29) is 18.0 Å². The Bertz CT molecular complexity index is 592. The number of aryl methyl sites for hydroxylation is 1. The first-order valence-corrected chi connectivity index (χ1v) is 8.34. The second-order valence-corrected chi connectivity index (χ2v) is 6.92. The number of halogens is 3. The maximum Gasteiger partial charge on any atom is 0.389 e. The minimum absolute atomic E-state index is 0.0389. The largest absolute Gasteiger partial charge is 0.389 e. The van der Waals surface area contributed by atoms with E-state index in [1.54, 1.807) is 17.3 Å². The van der Waals surface area contributed by atoms with Gasteiger partial charge in [-0.25, -0.2) is 4.98 Å². The Morgan fingerprint density at radius 2 is 2.17 bits per heavy atom. The zero-order valence-electron chi connectivity index (χ0n) is 13.8. The van der Waals surface area contributed by atoms with Crippen molar-refractivity contribution >= 4 is 5.91 Å². The van der Waals surface area contributed by atoms with Crippen LogP contribution in [0.3, 0.4) is 0 Å². The van der Waals surface area contributed by atoms with Gasteiger partial charge in [-0.3, -0.25) is 4.79 Å². The zero-order valence-corrected chi connectivity index (χ0v) is 13.8. The molecule has 1 atom stereocenters. The number of rotatable bonds is 5. The lowest BCUT2D eigenvalue weighted by molar-refractivity contribution is -0.150. The average molecular weight is 344 g/mol. The smallest absolute Gasteiger partial charge is 0.337 e. The van der Waals surface area contributed by atoms with Crippen molar-refractivity contribution in [2.24, 2.45) is 12.5 Å². The molecule has 8 heteroatoms. The minimum atomic E-state index is -4.31. The zero-order chi connectivity index (χ0) is 17.4. The van der Waals surface area contributed by atoms with E-state index in [0.717, 1.165) is 32.4 Å². The average Bonchev–Trinajstić information content (AvgIpc) is 3.03. The van der Waals surface area contributed by atoms with Crippen LogP contribution < -0.4 is 5.32 Å². The Hall–Kier alpha value is -1.57. The highest BCUT2D eigenvalue weighted by Crippen LogP contribution is 2.56. The fraction of sp³-hybridized carbons (Fsp3) is 0.750. The molecule has 3 rings (SSSR count). The van der Waals surface area contributed by atoms with Crippen LogP contribution in [-0.2, 0) is 18.4 Å². The fourth-order valence-electron chi connectivity index (χ4n) is 3.69. The topological polar surface area (TPSA) is 50.2 Å². The lowest BCUT2D eigenvalue weighted by Gasteiger charge is -2.29. The molecule has 0 aromatic carbocycles. The maximum atomic E-state index is 12.5. The monoisotopic (exact) mass is 344 g/mol.